The Bertz CT molecular complexity index is 129. The van der Waals surface area contributed by atoms with Crippen LogP contribution in [0.25, 0.3) is 0 Å². The van der Waals surface area contributed by atoms with E-state index in [4.69, 9.17) is 15.6 Å². The van der Waals surface area contributed by atoms with Crippen molar-refractivity contribution in [3.63, 3.8) is 0 Å². The third-order valence-electron chi connectivity index (χ3n) is 1.46. The maximum absolute atomic E-state index is 9.30. The third-order valence-corrected chi connectivity index (χ3v) is 1.46. The molecule has 0 saturated carbocycles. The highest BCUT2D eigenvalue weighted by Crippen LogP contribution is 2.09. The molecule has 4 heteroatoms. The molecule has 0 saturated heterocycles. The van der Waals surface area contributed by atoms with Crippen LogP contribution >= 0.6 is 0 Å². The summed E-state index contributed by atoms with van der Waals surface area (Å²) >= 11 is 0. The summed E-state index contributed by atoms with van der Waals surface area (Å²) in [6.07, 6.45) is 0.500. The van der Waals surface area contributed by atoms with Crippen molar-refractivity contribution in [2.24, 2.45) is 5.73 Å². The van der Waals surface area contributed by atoms with Crippen molar-refractivity contribution in [1.29, 1.82) is 0 Å². The molecule has 0 fully saturated rings. The number of aliphatic hydroxyl groups is 2. The Hall–Kier alpha value is -0.160. The highest BCUT2D eigenvalue weighted by atomic mass is 16.5. The largest absolute Gasteiger partial charge is 0.392 e. The molecule has 0 heterocycles. The summed E-state index contributed by atoms with van der Waals surface area (Å²) in [5, 5.41) is 18.0. The number of rotatable bonds is 5. The molecule has 0 spiro atoms. The Morgan fingerprint density at radius 2 is 1.83 bits per heavy atom. The standard InChI is InChI=1S/C8H19NO3/c1-7(2,11)4-5-12-8(3,9)6-10/h10-11H,4-6,9H2,1-3H3. The smallest absolute Gasteiger partial charge is 0.137 e. The molecule has 0 aromatic carbocycles. The van der Waals surface area contributed by atoms with Crippen LogP contribution in [0.3, 0.4) is 0 Å². The Kier molecular flexibility index (Phi) is 4.13. The highest BCUT2D eigenvalue weighted by Gasteiger charge is 2.19. The number of ether oxygens (including phenoxy) is 1. The SMILES string of the molecule is CC(C)(O)CCOC(C)(N)CO. The molecule has 4 nitrogen and oxygen atoms in total. The molecule has 0 aromatic rings. The van der Waals surface area contributed by atoms with Crippen LogP contribution in [0.15, 0.2) is 0 Å². The van der Waals surface area contributed by atoms with Gasteiger partial charge in [-0.3, -0.25) is 0 Å². The normalized spacial score (nSPS) is 17.5. The minimum atomic E-state index is -0.995. The first-order valence-corrected chi connectivity index (χ1v) is 4.03. The van der Waals surface area contributed by atoms with Gasteiger partial charge in [-0.25, -0.2) is 0 Å². The van der Waals surface area contributed by atoms with Crippen LogP contribution in [-0.2, 0) is 4.74 Å². The lowest BCUT2D eigenvalue weighted by molar-refractivity contribution is -0.0792. The van der Waals surface area contributed by atoms with Gasteiger partial charge in [0, 0.05) is 0 Å². The van der Waals surface area contributed by atoms with Gasteiger partial charge >= 0.3 is 0 Å². The molecule has 4 N–H and O–H groups in total. The van der Waals surface area contributed by atoms with Crippen LogP contribution in [0, 0.1) is 0 Å². The van der Waals surface area contributed by atoms with Crippen LogP contribution in [-0.4, -0.2) is 34.8 Å². The van der Waals surface area contributed by atoms with E-state index in [-0.39, 0.29) is 6.61 Å². The second kappa shape index (κ2) is 4.18. The van der Waals surface area contributed by atoms with Crippen molar-refractivity contribution >= 4 is 0 Å². The molecule has 0 aromatic heterocycles. The van der Waals surface area contributed by atoms with Gasteiger partial charge in [0.15, 0.2) is 0 Å². The van der Waals surface area contributed by atoms with Gasteiger partial charge in [0.2, 0.25) is 0 Å². The van der Waals surface area contributed by atoms with Gasteiger partial charge in [-0.1, -0.05) is 0 Å². The van der Waals surface area contributed by atoms with Crippen molar-refractivity contribution < 1.29 is 14.9 Å². The van der Waals surface area contributed by atoms with Crippen LogP contribution in [0.4, 0.5) is 0 Å². The summed E-state index contributed by atoms with van der Waals surface area (Å²) in [5.74, 6) is 0. The first-order chi connectivity index (χ1) is 5.27. The molecule has 12 heavy (non-hydrogen) atoms. The third kappa shape index (κ3) is 6.54. The van der Waals surface area contributed by atoms with E-state index in [9.17, 15) is 5.11 Å². The second-order valence-electron chi connectivity index (χ2n) is 3.88. The molecule has 0 rings (SSSR count). The van der Waals surface area contributed by atoms with Gasteiger partial charge < -0.3 is 20.7 Å². The van der Waals surface area contributed by atoms with Gasteiger partial charge in [0.25, 0.3) is 0 Å². The number of hydrogen-bond donors (Lipinski definition) is 3. The average Bonchev–Trinajstić information content (AvgIpc) is 1.84. The van der Waals surface area contributed by atoms with Crippen LogP contribution < -0.4 is 5.73 Å². The molecule has 0 aliphatic heterocycles. The summed E-state index contributed by atoms with van der Waals surface area (Å²) in [6, 6.07) is 0. The van der Waals surface area contributed by atoms with E-state index in [2.05, 4.69) is 0 Å². The maximum Gasteiger partial charge on any atom is 0.137 e. The maximum atomic E-state index is 9.30. The average molecular weight is 177 g/mol. The summed E-state index contributed by atoms with van der Waals surface area (Å²) in [7, 11) is 0. The van der Waals surface area contributed by atoms with Crippen molar-refractivity contribution in [3.8, 4) is 0 Å². The zero-order chi connectivity index (χ0) is 9.83. The molecular formula is C8H19NO3. The van der Waals surface area contributed by atoms with E-state index in [1.54, 1.807) is 20.8 Å². The number of hydrogen-bond acceptors (Lipinski definition) is 4. The van der Waals surface area contributed by atoms with E-state index in [0.29, 0.717) is 13.0 Å². The van der Waals surface area contributed by atoms with Crippen LogP contribution in [0.5, 0.6) is 0 Å². The molecule has 0 aliphatic carbocycles. The Labute approximate surface area is 73.3 Å². The Morgan fingerprint density at radius 3 is 2.17 bits per heavy atom. The molecule has 74 valence electrons. The molecule has 0 aliphatic rings. The van der Waals surface area contributed by atoms with Gasteiger partial charge in [-0.05, 0) is 27.2 Å². The van der Waals surface area contributed by atoms with Gasteiger partial charge in [-0.15, -0.1) is 0 Å². The Balaban J connectivity index is 3.57. The summed E-state index contributed by atoms with van der Waals surface area (Å²) in [4.78, 5) is 0. The van der Waals surface area contributed by atoms with Crippen LogP contribution in [0.1, 0.15) is 27.2 Å². The molecule has 0 radical (unpaired) electrons. The molecular weight excluding hydrogens is 158 g/mol. The highest BCUT2D eigenvalue weighted by molar-refractivity contribution is 4.67. The molecule has 1 atom stereocenters. The second-order valence-corrected chi connectivity index (χ2v) is 3.88. The Morgan fingerprint density at radius 1 is 1.33 bits per heavy atom. The fourth-order valence-corrected chi connectivity index (χ4v) is 0.580. The predicted octanol–water partition coefficient (Wildman–Crippen LogP) is -0.169. The van der Waals surface area contributed by atoms with Gasteiger partial charge in [0.1, 0.15) is 5.72 Å². The molecule has 0 amide bonds. The zero-order valence-corrected chi connectivity index (χ0v) is 8.00. The predicted molar refractivity (Wildman–Crippen MR) is 46.5 cm³/mol. The van der Waals surface area contributed by atoms with Gasteiger partial charge in [0.05, 0.1) is 18.8 Å². The van der Waals surface area contributed by atoms with E-state index in [0.717, 1.165) is 0 Å². The van der Waals surface area contributed by atoms with Crippen molar-refractivity contribution in [2.45, 2.75) is 38.5 Å². The molecule has 1 unspecified atom stereocenters. The van der Waals surface area contributed by atoms with Crippen molar-refractivity contribution in [2.75, 3.05) is 13.2 Å². The van der Waals surface area contributed by atoms with Crippen LogP contribution in [0.2, 0.25) is 0 Å². The first-order valence-electron chi connectivity index (χ1n) is 4.03. The van der Waals surface area contributed by atoms with Crippen molar-refractivity contribution in [1.82, 2.24) is 0 Å². The fraction of sp³-hybridized carbons (Fsp3) is 1.00. The topological polar surface area (TPSA) is 75.7 Å². The summed E-state index contributed by atoms with van der Waals surface area (Å²) in [5.41, 5.74) is 3.75. The van der Waals surface area contributed by atoms with Crippen molar-refractivity contribution in [3.05, 3.63) is 0 Å². The quantitative estimate of drug-likeness (QED) is 0.510. The number of nitrogens with two attached hydrogens (primary N) is 1. The lowest BCUT2D eigenvalue weighted by Gasteiger charge is -2.24. The lowest BCUT2D eigenvalue weighted by atomic mass is 10.1. The lowest BCUT2D eigenvalue weighted by Crippen LogP contribution is -2.44. The fourth-order valence-electron chi connectivity index (χ4n) is 0.580. The zero-order valence-electron chi connectivity index (χ0n) is 8.00. The summed E-state index contributed by atoms with van der Waals surface area (Å²) in [6.45, 7) is 5.11. The number of aliphatic hydroxyl groups excluding tert-OH is 1. The minimum Gasteiger partial charge on any atom is -0.392 e. The van der Waals surface area contributed by atoms with E-state index in [1.165, 1.54) is 0 Å². The van der Waals surface area contributed by atoms with E-state index < -0.39 is 11.3 Å². The first kappa shape index (κ1) is 11.8. The molecule has 0 bridgehead atoms. The summed E-state index contributed by atoms with van der Waals surface area (Å²) < 4.78 is 5.12. The minimum absolute atomic E-state index is 0.223. The van der Waals surface area contributed by atoms with Gasteiger partial charge in [-0.2, -0.15) is 0 Å². The monoisotopic (exact) mass is 177 g/mol. The van der Waals surface area contributed by atoms with E-state index >= 15 is 0 Å². The van der Waals surface area contributed by atoms with E-state index in [1.807, 2.05) is 0 Å².